The zero-order valence-corrected chi connectivity index (χ0v) is 14.0. The monoisotopic (exact) mass is 295 g/mol. The lowest BCUT2D eigenvalue weighted by Gasteiger charge is -2.30. The van der Waals surface area contributed by atoms with Crippen molar-refractivity contribution in [2.45, 2.75) is 58.9 Å². The second kappa shape index (κ2) is 7.53. The van der Waals surface area contributed by atoms with Crippen molar-refractivity contribution in [3.8, 4) is 0 Å². The molecule has 4 heteroatoms. The maximum absolute atomic E-state index is 6.08. The maximum Gasteiger partial charge on any atom is 0.0944 e. The number of nitrogens with zero attached hydrogens (tertiary/aromatic N) is 2. The number of nitrogens with two attached hydrogens (primary N) is 1. The van der Waals surface area contributed by atoms with Crippen LogP contribution in [0.1, 0.15) is 61.7 Å². The molecule has 2 rings (SSSR count). The highest BCUT2D eigenvalue weighted by Crippen LogP contribution is 2.26. The lowest BCUT2D eigenvalue weighted by atomic mass is 10.0. The molecule has 114 valence electrons. The summed E-state index contributed by atoms with van der Waals surface area (Å²) in [7, 11) is 0. The minimum atomic E-state index is 0.123. The normalized spacial score (nSPS) is 22.1. The highest BCUT2D eigenvalue weighted by atomic mass is 32.1. The molecule has 1 aromatic rings. The number of piperidine rings is 1. The van der Waals surface area contributed by atoms with Crippen molar-refractivity contribution >= 4 is 11.3 Å². The van der Waals surface area contributed by atoms with Gasteiger partial charge in [0.2, 0.25) is 0 Å². The highest BCUT2D eigenvalue weighted by Gasteiger charge is 2.18. The van der Waals surface area contributed by atoms with E-state index in [0.717, 1.165) is 31.7 Å². The number of likely N-dealkylation sites (tertiary alicyclic amines) is 1. The fraction of sp³-hybridized carbons (Fsp3) is 0.812. The first-order valence-electron chi connectivity index (χ1n) is 8.06. The standard InChI is InChI=1S/C16H29N3S/c1-4-6-14-16(13(3)17)20-15(18-14)8-10-19-9-5-7-12(2)11-19/h12-13H,4-11,17H2,1-3H3. The average molecular weight is 295 g/mol. The third-order valence-corrected chi connectivity index (χ3v) is 5.41. The Labute approximate surface area is 127 Å². The van der Waals surface area contributed by atoms with E-state index in [2.05, 4.69) is 25.7 Å². The Balaban J connectivity index is 1.93. The first-order chi connectivity index (χ1) is 9.60. The summed E-state index contributed by atoms with van der Waals surface area (Å²) in [4.78, 5) is 8.73. The molecule has 2 heterocycles. The van der Waals surface area contributed by atoms with Gasteiger partial charge in [0.05, 0.1) is 10.7 Å². The third kappa shape index (κ3) is 4.27. The van der Waals surface area contributed by atoms with Crippen LogP contribution in [0.5, 0.6) is 0 Å². The summed E-state index contributed by atoms with van der Waals surface area (Å²) in [5, 5.41) is 1.28. The molecular weight excluding hydrogens is 266 g/mol. The quantitative estimate of drug-likeness (QED) is 0.874. The van der Waals surface area contributed by atoms with E-state index in [1.807, 2.05) is 11.3 Å². The van der Waals surface area contributed by atoms with E-state index in [4.69, 9.17) is 10.7 Å². The summed E-state index contributed by atoms with van der Waals surface area (Å²) in [5.74, 6) is 0.857. The van der Waals surface area contributed by atoms with Crippen LogP contribution >= 0.6 is 11.3 Å². The number of aromatic nitrogens is 1. The number of aryl methyl sites for hydroxylation is 1. The molecule has 2 N–H and O–H groups in total. The van der Waals surface area contributed by atoms with Crippen molar-refractivity contribution in [2.24, 2.45) is 11.7 Å². The van der Waals surface area contributed by atoms with Gasteiger partial charge in [-0.2, -0.15) is 0 Å². The van der Waals surface area contributed by atoms with Gasteiger partial charge in [0.15, 0.2) is 0 Å². The fourth-order valence-electron chi connectivity index (χ4n) is 3.04. The lowest BCUT2D eigenvalue weighted by molar-refractivity contribution is 0.186. The van der Waals surface area contributed by atoms with Crippen LogP contribution in [-0.4, -0.2) is 29.5 Å². The van der Waals surface area contributed by atoms with Gasteiger partial charge in [-0.15, -0.1) is 11.3 Å². The minimum absolute atomic E-state index is 0.123. The smallest absolute Gasteiger partial charge is 0.0944 e. The zero-order chi connectivity index (χ0) is 14.5. The number of hydrogen-bond donors (Lipinski definition) is 1. The van der Waals surface area contributed by atoms with Gasteiger partial charge >= 0.3 is 0 Å². The Morgan fingerprint density at radius 3 is 2.90 bits per heavy atom. The molecule has 1 aliphatic heterocycles. The molecule has 0 aromatic carbocycles. The molecule has 0 aliphatic carbocycles. The second-order valence-corrected chi connectivity index (χ2v) is 7.37. The summed E-state index contributed by atoms with van der Waals surface area (Å²) in [6.07, 6.45) is 6.04. The van der Waals surface area contributed by atoms with Crippen molar-refractivity contribution in [1.82, 2.24) is 9.88 Å². The van der Waals surface area contributed by atoms with Crippen molar-refractivity contribution in [2.75, 3.05) is 19.6 Å². The summed E-state index contributed by atoms with van der Waals surface area (Å²) in [6.45, 7) is 10.3. The molecule has 1 aromatic heterocycles. The van der Waals surface area contributed by atoms with Crippen LogP contribution in [0.15, 0.2) is 0 Å². The number of thiazole rings is 1. The van der Waals surface area contributed by atoms with Crippen LogP contribution in [-0.2, 0) is 12.8 Å². The molecule has 0 saturated carbocycles. The zero-order valence-electron chi connectivity index (χ0n) is 13.2. The van der Waals surface area contributed by atoms with Gasteiger partial charge in [0.1, 0.15) is 0 Å². The molecule has 20 heavy (non-hydrogen) atoms. The van der Waals surface area contributed by atoms with Crippen LogP contribution < -0.4 is 5.73 Å². The minimum Gasteiger partial charge on any atom is -0.323 e. The second-order valence-electron chi connectivity index (χ2n) is 6.26. The van der Waals surface area contributed by atoms with E-state index < -0.39 is 0 Å². The van der Waals surface area contributed by atoms with Crippen LogP contribution in [0, 0.1) is 5.92 Å². The Hall–Kier alpha value is -0.450. The van der Waals surface area contributed by atoms with Gasteiger partial charge in [-0.1, -0.05) is 20.3 Å². The van der Waals surface area contributed by atoms with Gasteiger partial charge in [0, 0.05) is 30.4 Å². The van der Waals surface area contributed by atoms with Gasteiger partial charge in [-0.3, -0.25) is 0 Å². The van der Waals surface area contributed by atoms with Crippen LogP contribution in [0.3, 0.4) is 0 Å². The van der Waals surface area contributed by atoms with Gasteiger partial charge in [-0.05, 0) is 38.6 Å². The molecule has 0 amide bonds. The summed E-state index contributed by atoms with van der Waals surface area (Å²) in [6, 6.07) is 0.123. The molecule has 3 nitrogen and oxygen atoms in total. The van der Waals surface area contributed by atoms with E-state index in [9.17, 15) is 0 Å². The Kier molecular flexibility index (Phi) is 6.00. The highest BCUT2D eigenvalue weighted by molar-refractivity contribution is 7.11. The molecule has 0 bridgehead atoms. The molecule has 2 unspecified atom stereocenters. The van der Waals surface area contributed by atoms with Crippen molar-refractivity contribution in [1.29, 1.82) is 0 Å². The van der Waals surface area contributed by atoms with E-state index in [-0.39, 0.29) is 6.04 Å². The van der Waals surface area contributed by atoms with E-state index in [0.29, 0.717) is 0 Å². The van der Waals surface area contributed by atoms with Crippen molar-refractivity contribution < 1.29 is 0 Å². The maximum atomic E-state index is 6.08. The van der Waals surface area contributed by atoms with E-state index in [1.165, 1.54) is 41.5 Å². The van der Waals surface area contributed by atoms with Crippen LogP contribution in [0.4, 0.5) is 0 Å². The summed E-state index contributed by atoms with van der Waals surface area (Å²) >= 11 is 1.83. The Morgan fingerprint density at radius 2 is 2.25 bits per heavy atom. The molecule has 1 saturated heterocycles. The van der Waals surface area contributed by atoms with Crippen molar-refractivity contribution in [3.63, 3.8) is 0 Å². The predicted molar refractivity (Wildman–Crippen MR) is 87.3 cm³/mol. The first kappa shape index (κ1) is 15.9. The Bertz CT molecular complexity index is 414. The summed E-state index contributed by atoms with van der Waals surface area (Å²) < 4.78 is 0. The fourth-order valence-corrected chi connectivity index (χ4v) is 4.09. The van der Waals surface area contributed by atoms with Crippen LogP contribution in [0.25, 0.3) is 0 Å². The van der Waals surface area contributed by atoms with Gasteiger partial charge in [-0.25, -0.2) is 4.98 Å². The summed E-state index contributed by atoms with van der Waals surface area (Å²) in [5.41, 5.74) is 7.32. The predicted octanol–water partition coefficient (Wildman–Crippen LogP) is 3.39. The van der Waals surface area contributed by atoms with E-state index >= 15 is 0 Å². The third-order valence-electron chi connectivity index (χ3n) is 4.06. The molecule has 1 aliphatic rings. The van der Waals surface area contributed by atoms with Gasteiger partial charge < -0.3 is 10.6 Å². The van der Waals surface area contributed by atoms with Crippen LogP contribution in [0.2, 0.25) is 0 Å². The number of hydrogen-bond acceptors (Lipinski definition) is 4. The molecule has 0 spiro atoms. The van der Waals surface area contributed by atoms with Crippen molar-refractivity contribution in [3.05, 3.63) is 15.6 Å². The number of rotatable bonds is 6. The average Bonchev–Trinajstić information content (AvgIpc) is 2.80. The molecule has 2 atom stereocenters. The molecule has 0 radical (unpaired) electrons. The largest absolute Gasteiger partial charge is 0.323 e. The molecule has 1 fully saturated rings. The Morgan fingerprint density at radius 1 is 1.45 bits per heavy atom. The SMILES string of the molecule is CCCc1nc(CCN2CCCC(C)C2)sc1C(C)N. The topological polar surface area (TPSA) is 42.2 Å². The van der Waals surface area contributed by atoms with Gasteiger partial charge in [0.25, 0.3) is 0 Å². The first-order valence-corrected chi connectivity index (χ1v) is 8.88. The van der Waals surface area contributed by atoms with E-state index in [1.54, 1.807) is 0 Å². The molecular formula is C16H29N3S. The lowest BCUT2D eigenvalue weighted by Crippen LogP contribution is -2.35.